The van der Waals surface area contributed by atoms with Crippen molar-refractivity contribution in [2.75, 3.05) is 16.4 Å². The van der Waals surface area contributed by atoms with Gasteiger partial charge < -0.3 is 21.1 Å². The summed E-state index contributed by atoms with van der Waals surface area (Å²) in [5.41, 5.74) is 3.01. The van der Waals surface area contributed by atoms with Gasteiger partial charge in [-0.3, -0.25) is 14.4 Å². The molecule has 3 amide bonds. The average molecular weight is 645 g/mol. The summed E-state index contributed by atoms with van der Waals surface area (Å²) in [6, 6.07) is 27.5. The van der Waals surface area contributed by atoms with Crippen molar-refractivity contribution in [2.45, 2.75) is 11.8 Å². The maximum absolute atomic E-state index is 13.2. The van der Waals surface area contributed by atoms with Crippen molar-refractivity contribution in [1.29, 1.82) is 0 Å². The van der Waals surface area contributed by atoms with Crippen molar-refractivity contribution in [3.8, 4) is 0 Å². The van der Waals surface area contributed by atoms with Crippen LogP contribution in [-0.4, -0.2) is 34.6 Å². The molecule has 0 aliphatic carbocycles. The Morgan fingerprint density at radius 3 is 2.26 bits per heavy atom. The van der Waals surface area contributed by atoms with Crippen molar-refractivity contribution < 1.29 is 24.3 Å². The molecule has 0 bridgehead atoms. The van der Waals surface area contributed by atoms with E-state index in [4.69, 9.17) is 0 Å². The smallest absolute Gasteiger partial charge is 0.335 e. The minimum atomic E-state index is -1.07. The summed E-state index contributed by atoms with van der Waals surface area (Å²) in [6.07, 6.45) is 1.59. The van der Waals surface area contributed by atoms with Crippen LogP contribution in [0.2, 0.25) is 0 Å². The lowest BCUT2D eigenvalue weighted by Crippen LogP contribution is -2.30. The van der Waals surface area contributed by atoms with Crippen LogP contribution in [0.3, 0.4) is 0 Å². The van der Waals surface area contributed by atoms with E-state index in [0.29, 0.717) is 16.9 Å². The topological polar surface area (TPSA) is 125 Å². The molecule has 0 unspecified atom stereocenters. The molecule has 0 spiro atoms. The first-order valence-corrected chi connectivity index (χ1v) is 14.5. The van der Waals surface area contributed by atoms with Crippen molar-refractivity contribution >= 4 is 68.8 Å². The van der Waals surface area contributed by atoms with Gasteiger partial charge in [-0.2, -0.15) is 0 Å². The van der Waals surface area contributed by atoms with Crippen LogP contribution in [0.15, 0.2) is 112 Å². The molecule has 212 valence electrons. The number of carboxylic acid groups (broad SMARTS) is 1. The van der Waals surface area contributed by atoms with Gasteiger partial charge in [-0.05, 0) is 84.8 Å². The number of hydrogen-bond donors (Lipinski definition) is 4. The highest BCUT2D eigenvalue weighted by atomic mass is 79.9. The van der Waals surface area contributed by atoms with Crippen LogP contribution in [0.25, 0.3) is 6.08 Å². The number of aromatic carboxylic acids is 1. The van der Waals surface area contributed by atoms with E-state index in [0.717, 1.165) is 20.5 Å². The Kier molecular flexibility index (Phi) is 10.3. The molecule has 0 saturated heterocycles. The third-order valence-corrected chi connectivity index (χ3v) is 7.43. The zero-order valence-electron chi connectivity index (χ0n) is 22.4. The van der Waals surface area contributed by atoms with Crippen LogP contribution < -0.4 is 16.0 Å². The first kappa shape index (κ1) is 30.3. The summed E-state index contributed by atoms with van der Waals surface area (Å²) in [4.78, 5) is 50.6. The molecule has 4 aromatic carbocycles. The maximum Gasteiger partial charge on any atom is 0.335 e. The van der Waals surface area contributed by atoms with Gasteiger partial charge in [0, 0.05) is 26.3 Å². The molecule has 0 fully saturated rings. The number of carboxylic acids is 1. The van der Waals surface area contributed by atoms with E-state index in [2.05, 4.69) is 31.9 Å². The summed E-state index contributed by atoms with van der Waals surface area (Å²) in [5, 5.41) is 17.5. The second-order valence-corrected chi connectivity index (χ2v) is 11.0. The number of rotatable bonds is 10. The molecule has 0 radical (unpaired) electrons. The largest absolute Gasteiger partial charge is 0.478 e. The summed E-state index contributed by atoms with van der Waals surface area (Å²) in [6.45, 7) is 1.79. The highest BCUT2D eigenvalue weighted by molar-refractivity contribution is 9.10. The predicted molar refractivity (Wildman–Crippen MR) is 169 cm³/mol. The number of carbonyl (C=O) groups excluding carboxylic acids is 3. The van der Waals surface area contributed by atoms with Gasteiger partial charge in [0.25, 0.3) is 11.8 Å². The van der Waals surface area contributed by atoms with E-state index in [1.165, 1.54) is 23.9 Å². The molecule has 42 heavy (non-hydrogen) atoms. The molecule has 0 atom stereocenters. The Hall–Kier alpha value is -4.67. The summed E-state index contributed by atoms with van der Waals surface area (Å²) in [5.74, 6) is -2.16. The van der Waals surface area contributed by atoms with Gasteiger partial charge in [0.1, 0.15) is 5.70 Å². The van der Waals surface area contributed by atoms with Crippen molar-refractivity contribution in [3.63, 3.8) is 0 Å². The molecule has 0 aromatic heterocycles. The van der Waals surface area contributed by atoms with Gasteiger partial charge in [0.2, 0.25) is 5.91 Å². The second kappa shape index (κ2) is 14.3. The normalized spacial score (nSPS) is 11.0. The fourth-order valence-electron chi connectivity index (χ4n) is 3.76. The molecule has 0 heterocycles. The zero-order chi connectivity index (χ0) is 30.1. The Bertz CT molecular complexity index is 1660. The molecule has 0 aliphatic rings. The molecule has 4 rings (SSSR count). The SMILES string of the molecule is Cc1ccc(C(=O)O)cc1NC(=O)CSc1ccc(NC(=O)/C(=C/c2cccc(Br)c2)NC(=O)c2ccccc2)cc1. The lowest BCUT2D eigenvalue weighted by Gasteiger charge is -2.12. The number of benzene rings is 4. The number of thioether (sulfide) groups is 1. The van der Waals surface area contributed by atoms with Gasteiger partial charge in [0.05, 0.1) is 11.3 Å². The lowest BCUT2D eigenvalue weighted by molar-refractivity contribution is -0.114. The monoisotopic (exact) mass is 643 g/mol. The van der Waals surface area contributed by atoms with E-state index in [9.17, 15) is 24.3 Å². The molecule has 10 heteroatoms. The average Bonchev–Trinajstić information content (AvgIpc) is 2.98. The number of nitrogens with one attached hydrogen (secondary N) is 3. The molecule has 0 aliphatic heterocycles. The Labute approximate surface area is 255 Å². The second-order valence-electron chi connectivity index (χ2n) is 9.08. The first-order valence-electron chi connectivity index (χ1n) is 12.7. The van der Waals surface area contributed by atoms with Crippen molar-refractivity contribution in [1.82, 2.24) is 5.32 Å². The fraction of sp³-hybridized carbons (Fsp3) is 0.0625. The summed E-state index contributed by atoms with van der Waals surface area (Å²) < 4.78 is 0.830. The quantitative estimate of drug-likeness (QED) is 0.114. The number of amides is 3. The Morgan fingerprint density at radius 2 is 1.57 bits per heavy atom. The predicted octanol–water partition coefficient (Wildman–Crippen LogP) is 6.60. The molecule has 4 aromatic rings. The molecule has 4 N–H and O–H groups in total. The van der Waals surface area contributed by atoms with Crippen LogP contribution in [0, 0.1) is 6.92 Å². The number of hydrogen-bond acceptors (Lipinski definition) is 5. The number of aryl methyl sites for hydroxylation is 1. The molecular weight excluding hydrogens is 618 g/mol. The van der Waals surface area contributed by atoms with Crippen LogP contribution in [-0.2, 0) is 9.59 Å². The molecular formula is C32H26BrN3O5S. The van der Waals surface area contributed by atoms with Gasteiger partial charge in [0.15, 0.2) is 0 Å². The van der Waals surface area contributed by atoms with E-state index < -0.39 is 17.8 Å². The van der Waals surface area contributed by atoms with Gasteiger partial charge >= 0.3 is 5.97 Å². The third-order valence-electron chi connectivity index (χ3n) is 5.93. The van der Waals surface area contributed by atoms with Gasteiger partial charge in [-0.25, -0.2) is 4.79 Å². The first-order chi connectivity index (χ1) is 20.2. The zero-order valence-corrected chi connectivity index (χ0v) is 24.8. The van der Waals surface area contributed by atoms with Crippen molar-refractivity contribution in [2.24, 2.45) is 0 Å². The van der Waals surface area contributed by atoms with E-state index >= 15 is 0 Å². The van der Waals surface area contributed by atoms with Crippen LogP contribution in [0.1, 0.15) is 31.8 Å². The highest BCUT2D eigenvalue weighted by Crippen LogP contribution is 2.23. The maximum atomic E-state index is 13.2. The van der Waals surface area contributed by atoms with Crippen LogP contribution in [0.4, 0.5) is 11.4 Å². The van der Waals surface area contributed by atoms with Gasteiger partial charge in [-0.1, -0.05) is 52.3 Å². The van der Waals surface area contributed by atoms with Crippen molar-refractivity contribution in [3.05, 3.63) is 129 Å². The number of carbonyl (C=O) groups is 4. The van der Waals surface area contributed by atoms with Crippen LogP contribution >= 0.6 is 27.7 Å². The summed E-state index contributed by atoms with van der Waals surface area (Å²) in [7, 11) is 0. The summed E-state index contributed by atoms with van der Waals surface area (Å²) >= 11 is 4.71. The number of halogens is 1. The molecule has 0 saturated carbocycles. The van der Waals surface area contributed by atoms with E-state index in [-0.39, 0.29) is 22.9 Å². The third kappa shape index (κ3) is 8.66. The highest BCUT2D eigenvalue weighted by Gasteiger charge is 2.16. The van der Waals surface area contributed by atoms with Gasteiger partial charge in [-0.15, -0.1) is 11.8 Å². The fourth-order valence-corrected chi connectivity index (χ4v) is 4.88. The van der Waals surface area contributed by atoms with E-state index in [1.54, 1.807) is 73.7 Å². The Balaban J connectivity index is 1.40. The number of anilines is 2. The molecule has 8 nitrogen and oxygen atoms in total. The Morgan fingerprint density at radius 1 is 0.833 bits per heavy atom. The minimum Gasteiger partial charge on any atom is -0.478 e. The standard InChI is InChI=1S/C32H26BrN3O5S/c1-20-10-11-23(32(40)41)18-27(20)35-29(37)19-42-26-14-12-25(13-15-26)34-31(39)28(17-21-6-5-9-24(33)16-21)36-30(38)22-7-3-2-4-8-22/h2-18H,19H2,1H3,(H,34,39)(H,35,37)(H,36,38)(H,40,41)/b28-17-. The lowest BCUT2D eigenvalue weighted by atomic mass is 10.1. The van der Waals surface area contributed by atoms with E-state index in [1.807, 2.05) is 24.3 Å². The minimum absolute atomic E-state index is 0.0688. The van der Waals surface area contributed by atoms with Crippen LogP contribution in [0.5, 0.6) is 0 Å².